The van der Waals surface area contributed by atoms with E-state index in [1.807, 2.05) is 35.2 Å². The molecular weight excluding hydrogens is 434 g/mol. The van der Waals surface area contributed by atoms with Crippen molar-refractivity contribution >= 4 is 23.0 Å². The van der Waals surface area contributed by atoms with E-state index < -0.39 is 12.3 Å². The Morgan fingerprint density at radius 1 is 1.15 bits per heavy atom. The molecule has 4 aromatic rings. The van der Waals surface area contributed by atoms with Crippen LogP contribution in [0.2, 0.25) is 0 Å². The lowest BCUT2D eigenvalue weighted by Crippen LogP contribution is -2.25. The summed E-state index contributed by atoms with van der Waals surface area (Å²) in [7, 11) is 0. The zero-order chi connectivity index (χ0) is 22.8. The number of β-amino-alcohol motifs (C(OH)–C–C–N with tert-alkyl or cyclic N) is 1. The number of rotatable bonds is 7. The first-order valence-electron chi connectivity index (χ1n) is 10.0. The van der Waals surface area contributed by atoms with E-state index in [0.717, 1.165) is 22.6 Å². The molecule has 0 bridgehead atoms. The van der Waals surface area contributed by atoms with Crippen LogP contribution in [0, 0.1) is 0 Å². The number of aliphatic hydroxyl groups is 1. The van der Waals surface area contributed by atoms with Gasteiger partial charge in [0.15, 0.2) is 0 Å². The first kappa shape index (κ1) is 20.7. The number of pyridine rings is 1. The van der Waals surface area contributed by atoms with Gasteiger partial charge < -0.3 is 25.1 Å². The summed E-state index contributed by atoms with van der Waals surface area (Å²) in [6.07, 6.45) is 1.69. The molecule has 0 fully saturated rings. The molecule has 3 N–H and O–H groups in total. The number of halogens is 2. The Morgan fingerprint density at radius 3 is 2.70 bits per heavy atom. The van der Waals surface area contributed by atoms with E-state index >= 15 is 0 Å². The molecule has 0 amide bonds. The van der Waals surface area contributed by atoms with Crippen molar-refractivity contribution in [1.29, 1.82) is 0 Å². The summed E-state index contributed by atoms with van der Waals surface area (Å²) < 4.78 is 30.3. The van der Waals surface area contributed by atoms with Gasteiger partial charge in [0.05, 0.1) is 35.9 Å². The van der Waals surface area contributed by atoms with E-state index in [1.165, 1.54) is 12.4 Å². The maximum absolute atomic E-state index is 12.7. The summed E-state index contributed by atoms with van der Waals surface area (Å²) >= 11 is 0. The number of benzene rings is 1. The quantitative estimate of drug-likeness (QED) is 0.384. The largest absolute Gasteiger partial charge is 0.415 e. The number of hydrogen-bond acceptors (Lipinski definition) is 10. The topological polar surface area (TPSA) is 125 Å². The number of hydrogen-bond donors (Lipinski definition) is 3. The minimum absolute atomic E-state index is 0.0191. The molecule has 168 valence electrons. The summed E-state index contributed by atoms with van der Waals surface area (Å²) in [4.78, 5) is 14.9. The Morgan fingerprint density at radius 2 is 2.00 bits per heavy atom. The maximum atomic E-state index is 12.7. The highest BCUT2D eigenvalue weighted by molar-refractivity contribution is 5.92. The molecular formula is C21H18F2N8O2. The molecule has 0 aliphatic carbocycles. The smallest absolute Gasteiger partial charge is 0.314 e. The number of nitrogens with one attached hydrogen (secondary N) is 2. The standard InChI is InChI=1S/C21H18F2N8O2/c22-18(23)20-30-29-19(33-20)12-9-25-21(26-10-12)28-13-7-14(15-3-1-2-4-24-15)17-16(8-13)31(5-6-32)11-27-17/h1-4,7-10,18,27,32H,5-6,11H2,(H,25,26,28). The van der Waals surface area contributed by atoms with Crippen molar-refractivity contribution in [2.75, 3.05) is 35.4 Å². The van der Waals surface area contributed by atoms with Gasteiger partial charge in [-0.1, -0.05) is 6.07 Å². The van der Waals surface area contributed by atoms with Gasteiger partial charge in [0.25, 0.3) is 11.8 Å². The third-order valence-electron chi connectivity index (χ3n) is 5.00. The minimum atomic E-state index is -2.85. The molecule has 0 saturated carbocycles. The summed E-state index contributed by atoms with van der Waals surface area (Å²) in [6, 6.07) is 9.54. The van der Waals surface area contributed by atoms with Crippen molar-refractivity contribution in [3.8, 4) is 22.7 Å². The molecule has 1 aromatic carbocycles. The summed E-state index contributed by atoms with van der Waals surface area (Å²) in [5.74, 6) is -0.551. The van der Waals surface area contributed by atoms with Crippen LogP contribution in [-0.4, -0.2) is 50.1 Å². The van der Waals surface area contributed by atoms with Crippen LogP contribution in [0.1, 0.15) is 12.3 Å². The highest BCUT2D eigenvalue weighted by atomic mass is 19.3. The average molecular weight is 452 g/mol. The van der Waals surface area contributed by atoms with Gasteiger partial charge in [-0.05, 0) is 24.3 Å². The lowest BCUT2D eigenvalue weighted by molar-refractivity contribution is 0.116. The number of nitrogens with zero attached hydrogens (tertiary/aromatic N) is 6. The van der Waals surface area contributed by atoms with E-state index in [-0.39, 0.29) is 12.5 Å². The molecule has 0 atom stereocenters. The van der Waals surface area contributed by atoms with Crippen molar-refractivity contribution < 1.29 is 18.3 Å². The van der Waals surface area contributed by atoms with Crippen molar-refractivity contribution in [3.05, 3.63) is 54.8 Å². The fourth-order valence-corrected chi connectivity index (χ4v) is 3.51. The molecule has 0 saturated heterocycles. The van der Waals surface area contributed by atoms with Crippen LogP contribution < -0.4 is 15.5 Å². The van der Waals surface area contributed by atoms with Gasteiger partial charge in [-0.25, -0.2) is 9.97 Å². The molecule has 4 heterocycles. The second-order valence-corrected chi connectivity index (χ2v) is 7.12. The van der Waals surface area contributed by atoms with Crippen LogP contribution in [0.4, 0.5) is 31.8 Å². The Kier molecular flexibility index (Phi) is 5.48. The minimum Gasteiger partial charge on any atom is -0.415 e. The molecule has 3 aromatic heterocycles. The lowest BCUT2D eigenvalue weighted by atomic mass is 10.1. The first-order chi connectivity index (χ1) is 16.1. The number of alkyl halides is 2. The SMILES string of the molecule is OCCN1CNc2c(-c3ccccn3)cc(Nc3ncc(-c4nnc(C(F)F)o4)cn3)cc21. The van der Waals surface area contributed by atoms with Gasteiger partial charge in [0, 0.05) is 36.4 Å². The molecule has 0 radical (unpaired) electrons. The van der Waals surface area contributed by atoms with Crippen molar-refractivity contribution in [1.82, 2.24) is 25.1 Å². The normalized spacial score (nSPS) is 12.7. The average Bonchev–Trinajstić information content (AvgIpc) is 3.48. The van der Waals surface area contributed by atoms with Gasteiger partial charge in [0.2, 0.25) is 5.95 Å². The predicted molar refractivity (Wildman–Crippen MR) is 116 cm³/mol. The van der Waals surface area contributed by atoms with Crippen molar-refractivity contribution in [3.63, 3.8) is 0 Å². The Balaban J connectivity index is 1.45. The van der Waals surface area contributed by atoms with Gasteiger partial charge in [-0.3, -0.25) is 4.98 Å². The van der Waals surface area contributed by atoms with E-state index in [2.05, 4.69) is 35.8 Å². The Hall–Kier alpha value is -4.19. The second kappa shape index (κ2) is 8.74. The maximum Gasteiger partial charge on any atom is 0.314 e. The van der Waals surface area contributed by atoms with E-state index in [9.17, 15) is 13.9 Å². The highest BCUT2D eigenvalue weighted by Crippen LogP contribution is 2.42. The fourth-order valence-electron chi connectivity index (χ4n) is 3.51. The van der Waals surface area contributed by atoms with E-state index in [1.54, 1.807) is 6.20 Å². The van der Waals surface area contributed by atoms with Crippen LogP contribution in [0.25, 0.3) is 22.7 Å². The lowest BCUT2D eigenvalue weighted by Gasteiger charge is -2.18. The molecule has 0 unspecified atom stereocenters. The van der Waals surface area contributed by atoms with Crippen molar-refractivity contribution in [2.24, 2.45) is 0 Å². The molecule has 1 aliphatic heterocycles. The molecule has 5 rings (SSSR count). The van der Waals surface area contributed by atoms with Gasteiger partial charge in [-0.2, -0.15) is 8.78 Å². The summed E-state index contributed by atoms with van der Waals surface area (Å²) in [5.41, 5.74) is 4.55. The second-order valence-electron chi connectivity index (χ2n) is 7.12. The zero-order valence-corrected chi connectivity index (χ0v) is 17.1. The van der Waals surface area contributed by atoms with Crippen LogP contribution in [0.5, 0.6) is 0 Å². The van der Waals surface area contributed by atoms with E-state index in [4.69, 9.17) is 4.42 Å². The van der Waals surface area contributed by atoms with Gasteiger partial charge in [-0.15, -0.1) is 10.2 Å². The van der Waals surface area contributed by atoms with Crippen LogP contribution >= 0.6 is 0 Å². The summed E-state index contributed by atoms with van der Waals surface area (Å²) in [5, 5.41) is 22.8. The predicted octanol–water partition coefficient (Wildman–Crippen LogP) is 3.45. The van der Waals surface area contributed by atoms with E-state index in [0.29, 0.717) is 30.4 Å². The van der Waals surface area contributed by atoms with Crippen LogP contribution in [0.3, 0.4) is 0 Å². The number of anilines is 4. The molecule has 0 spiro atoms. The molecule has 33 heavy (non-hydrogen) atoms. The zero-order valence-electron chi connectivity index (χ0n) is 17.1. The van der Waals surface area contributed by atoms with Gasteiger partial charge >= 0.3 is 6.43 Å². The number of aliphatic hydroxyl groups excluding tert-OH is 1. The third-order valence-corrected chi connectivity index (χ3v) is 5.00. The monoisotopic (exact) mass is 452 g/mol. The van der Waals surface area contributed by atoms with Crippen molar-refractivity contribution in [2.45, 2.75) is 6.43 Å². The number of fused-ring (bicyclic) bond motifs is 1. The Labute approximate surface area is 186 Å². The molecule has 12 heteroatoms. The first-order valence-corrected chi connectivity index (χ1v) is 10.0. The van der Waals surface area contributed by atoms with Gasteiger partial charge in [0.1, 0.15) is 0 Å². The van der Waals surface area contributed by atoms with Crippen LogP contribution in [0.15, 0.2) is 53.3 Å². The third kappa shape index (κ3) is 4.15. The highest BCUT2D eigenvalue weighted by Gasteiger charge is 2.24. The summed E-state index contributed by atoms with van der Waals surface area (Å²) in [6.45, 7) is 1.06. The number of aromatic nitrogens is 5. The Bertz CT molecular complexity index is 1250. The molecule has 10 nitrogen and oxygen atoms in total. The fraction of sp³-hybridized carbons (Fsp3) is 0.190. The van der Waals surface area contributed by atoms with Crippen LogP contribution in [-0.2, 0) is 0 Å². The molecule has 1 aliphatic rings.